The Balaban J connectivity index is 1.67. The van der Waals surface area contributed by atoms with Crippen molar-refractivity contribution in [2.24, 2.45) is 0 Å². The molecule has 0 radical (unpaired) electrons. The van der Waals surface area contributed by atoms with E-state index in [9.17, 15) is 0 Å². The molecule has 26 heavy (non-hydrogen) atoms. The molecule has 0 atom stereocenters. The highest BCUT2D eigenvalue weighted by atomic mass is 14.4. The molecule has 0 heterocycles. The summed E-state index contributed by atoms with van der Waals surface area (Å²) < 4.78 is 0. The van der Waals surface area contributed by atoms with Crippen LogP contribution in [0.1, 0.15) is 30.5 Å². The molecule has 0 nitrogen and oxygen atoms in total. The van der Waals surface area contributed by atoms with Crippen LogP contribution in [0.3, 0.4) is 0 Å². The topological polar surface area (TPSA) is 0 Å². The zero-order valence-corrected chi connectivity index (χ0v) is 15.5. The molecule has 0 saturated carbocycles. The fourth-order valence-electron chi connectivity index (χ4n) is 4.43. The molecule has 0 spiro atoms. The first-order valence-electron chi connectivity index (χ1n) is 9.29. The fourth-order valence-corrected chi connectivity index (χ4v) is 4.43. The lowest BCUT2D eigenvalue weighted by molar-refractivity contribution is 0.660. The summed E-state index contributed by atoms with van der Waals surface area (Å²) in [6, 6.07) is 29.2. The van der Waals surface area contributed by atoms with Gasteiger partial charge in [0.25, 0.3) is 0 Å². The van der Waals surface area contributed by atoms with Gasteiger partial charge in [0.15, 0.2) is 0 Å². The largest absolute Gasteiger partial charge is 0.0619 e. The standard InChI is InChI=1S/C26H22/c1-17-8-9-19-15-20(11-10-18(19)14-17)21-12-13-23-22-6-4-5-7-24(22)26(2,3)25(23)16-21/h4-16H,1-3H3. The molecular formula is C26H22. The van der Waals surface area contributed by atoms with Gasteiger partial charge in [-0.25, -0.2) is 0 Å². The van der Waals surface area contributed by atoms with E-state index >= 15 is 0 Å². The summed E-state index contributed by atoms with van der Waals surface area (Å²) in [6.07, 6.45) is 0. The maximum absolute atomic E-state index is 2.39. The van der Waals surface area contributed by atoms with Crippen molar-refractivity contribution in [3.05, 3.63) is 95.6 Å². The minimum atomic E-state index is 0.0515. The van der Waals surface area contributed by atoms with Gasteiger partial charge in [-0.15, -0.1) is 0 Å². The van der Waals surface area contributed by atoms with Crippen molar-refractivity contribution >= 4 is 10.8 Å². The Morgan fingerprint density at radius 3 is 2.12 bits per heavy atom. The van der Waals surface area contributed by atoms with Crippen molar-refractivity contribution in [2.75, 3.05) is 0 Å². The minimum absolute atomic E-state index is 0.0515. The fraction of sp³-hybridized carbons (Fsp3) is 0.154. The molecule has 0 aliphatic heterocycles. The summed E-state index contributed by atoms with van der Waals surface area (Å²) in [4.78, 5) is 0. The summed E-state index contributed by atoms with van der Waals surface area (Å²) in [5.41, 5.74) is 9.57. The Bertz CT molecular complexity index is 1160. The van der Waals surface area contributed by atoms with E-state index in [0.29, 0.717) is 0 Å². The van der Waals surface area contributed by atoms with Crippen molar-refractivity contribution < 1.29 is 0 Å². The first-order valence-corrected chi connectivity index (χ1v) is 9.29. The van der Waals surface area contributed by atoms with Crippen LogP contribution in [0.2, 0.25) is 0 Å². The van der Waals surface area contributed by atoms with Crippen LogP contribution >= 0.6 is 0 Å². The Morgan fingerprint density at radius 1 is 0.577 bits per heavy atom. The predicted molar refractivity (Wildman–Crippen MR) is 112 cm³/mol. The van der Waals surface area contributed by atoms with Gasteiger partial charge in [0.2, 0.25) is 0 Å². The maximum atomic E-state index is 2.39. The molecule has 126 valence electrons. The summed E-state index contributed by atoms with van der Waals surface area (Å²) in [7, 11) is 0. The lowest BCUT2D eigenvalue weighted by Gasteiger charge is -2.22. The molecule has 0 saturated heterocycles. The van der Waals surface area contributed by atoms with Crippen LogP contribution in [0, 0.1) is 6.92 Å². The SMILES string of the molecule is Cc1ccc2cc(-c3ccc4c(c3)C(C)(C)c3ccccc3-4)ccc2c1. The smallest absolute Gasteiger partial charge is 0.0159 e. The van der Waals surface area contributed by atoms with Crippen LogP contribution in [0.15, 0.2) is 78.9 Å². The second-order valence-corrected chi connectivity index (χ2v) is 8.00. The van der Waals surface area contributed by atoms with Crippen molar-refractivity contribution in [2.45, 2.75) is 26.2 Å². The number of aryl methyl sites for hydroxylation is 1. The van der Waals surface area contributed by atoms with E-state index in [1.54, 1.807) is 0 Å². The maximum Gasteiger partial charge on any atom is 0.0159 e. The number of hydrogen-bond acceptors (Lipinski definition) is 0. The quantitative estimate of drug-likeness (QED) is 0.347. The lowest BCUT2D eigenvalue weighted by Crippen LogP contribution is -2.14. The molecular weight excluding hydrogens is 312 g/mol. The molecule has 1 aliphatic rings. The van der Waals surface area contributed by atoms with E-state index in [2.05, 4.69) is 99.6 Å². The van der Waals surface area contributed by atoms with Crippen LogP contribution in [0.4, 0.5) is 0 Å². The van der Waals surface area contributed by atoms with Gasteiger partial charge in [-0.2, -0.15) is 0 Å². The molecule has 4 aromatic carbocycles. The van der Waals surface area contributed by atoms with Gasteiger partial charge in [-0.1, -0.05) is 86.1 Å². The average molecular weight is 334 g/mol. The Morgan fingerprint density at radius 2 is 1.23 bits per heavy atom. The van der Waals surface area contributed by atoms with Crippen LogP contribution in [-0.4, -0.2) is 0 Å². The lowest BCUT2D eigenvalue weighted by atomic mass is 9.81. The van der Waals surface area contributed by atoms with Crippen LogP contribution in [0.25, 0.3) is 33.0 Å². The molecule has 0 bridgehead atoms. The van der Waals surface area contributed by atoms with E-state index in [0.717, 1.165) is 0 Å². The number of hydrogen-bond donors (Lipinski definition) is 0. The van der Waals surface area contributed by atoms with Gasteiger partial charge in [0.05, 0.1) is 0 Å². The van der Waals surface area contributed by atoms with E-state index in [1.807, 2.05) is 0 Å². The zero-order chi connectivity index (χ0) is 17.9. The third-order valence-electron chi connectivity index (χ3n) is 5.91. The number of benzene rings is 4. The third kappa shape index (κ3) is 2.15. The molecule has 0 amide bonds. The molecule has 1 aliphatic carbocycles. The van der Waals surface area contributed by atoms with Crippen molar-refractivity contribution in [3.63, 3.8) is 0 Å². The van der Waals surface area contributed by atoms with Crippen LogP contribution in [0.5, 0.6) is 0 Å². The highest BCUT2D eigenvalue weighted by Crippen LogP contribution is 2.49. The molecule has 5 rings (SSSR count). The van der Waals surface area contributed by atoms with E-state index in [1.165, 1.54) is 49.7 Å². The van der Waals surface area contributed by atoms with E-state index < -0.39 is 0 Å². The highest BCUT2D eigenvalue weighted by molar-refractivity contribution is 5.89. The minimum Gasteiger partial charge on any atom is -0.0619 e. The Labute approximate surface area is 155 Å². The second-order valence-electron chi connectivity index (χ2n) is 8.00. The summed E-state index contributed by atoms with van der Waals surface area (Å²) in [5, 5.41) is 2.61. The first kappa shape index (κ1) is 15.4. The van der Waals surface area contributed by atoms with Gasteiger partial charge < -0.3 is 0 Å². The highest BCUT2D eigenvalue weighted by Gasteiger charge is 2.35. The molecule has 0 fully saturated rings. The van der Waals surface area contributed by atoms with E-state index in [4.69, 9.17) is 0 Å². The molecule has 0 heteroatoms. The molecule has 0 aromatic heterocycles. The van der Waals surface area contributed by atoms with Crippen LogP contribution < -0.4 is 0 Å². The summed E-state index contributed by atoms with van der Waals surface area (Å²) >= 11 is 0. The Hall–Kier alpha value is -2.86. The number of fused-ring (bicyclic) bond motifs is 4. The average Bonchev–Trinajstić information content (AvgIpc) is 2.89. The van der Waals surface area contributed by atoms with Gasteiger partial charge in [-0.3, -0.25) is 0 Å². The normalized spacial score (nSPS) is 14.3. The van der Waals surface area contributed by atoms with Gasteiger partial charge in [0, 0.05) is 5.41 Å². The third-order valence-corrected chi connectivity index (χ3v) is 5.91. The van der Waals surface area contributed by atoms with Gasteiger partial charge in [-0.05, 0) is 63.2 Å². The number of rotatable bonds is 1. The first-order chi connectivity index (χ1) is 12.5. The monoisotopic (exact) mass is 334 g/mol. The van der Waals surface area contributed by atoms with Crippen LogP contribution in [-0.2, 0) is 5.41 Å². The predicted octanol–water partition coefficient (Wildman–Crippen LogP) is 7.12. The zero-order valence-electron chi connectivity index (χ0n) is 15.5. The van der Waals surface area contributed by atoms with Gasteiger partial charge in [0.1, 0.15) is 0 Å². The molecule has 0 N–H and O–H groups in total. The molecule has 4 aromatic rings. The van der Waals surface area contributed by atoms with Crippen molar-refractivity contribution in [3.8, 4) is 22.3 Å². The van der Waals surface area contributed by atoms with Crippen molar-refractivity contribution in [1.82, 2.24) is 0 Å². The second kappa shape index (κ2) is 5.32. The summed E-state index contributed by atoms with van der Waals surface area (Å²) in [5.74, 6) is 0. The van der Waals surface area contributed by atoms with Gasteiger partial charge >= 0.3 is 0 Å². The molecule has 0 unspecified atom stereocenters. The van der Waals surface area contributed by atoms with E-state index in [-0.39, 0.29) is 5.41 Å². The summed E-state index contributed by atoms with van der Waals surface area (Å²) in [6.45, 7) is 6.82. The Kier molecular flexibility index (Phi) is 3.15. The van der Waals surface area contributed by atoms with Crippen molar-refractivity contribution in [1.29, 1.82) is 0 Å².